The van der Waals surface area contributed by atoms with Gasteiger partial charge in [0.15, 0.2) is 0 Å². The molecule has 1 amide bonds. The lowest BCUT2D eigenvalue weighted by molar-refractivity contribution is -0.385. The monoisotopic (exact) mass is 282 g/mol. The van der Waals surface area contributed by atoms with E-state index < -0.39 is 4.92 Å². The van der Waals surface area contributed by atoms with Crippen LogP contribution in [0, 0.1) is 17.0 Å². The molecular weight excluding hydrogens is 268 g/mol. The zero-order valence-electron chi connectivity index (χ0n) is 11.6. The van der Waals surface area contributed by atoms with Gasteiger partial charge >= 0.3 is 0 Å². The minimum Gasteiger partial charge on any atom is -0.330 e. The molecule has 0 saturated heterocycles. The van der Waals surface area contributed by atoms with Crippen LogP contribution in [0.4, 0.5) is 5.69 Å². The molecule has 0 unspecified atom stereocenters. The van der Waals surface area contributed by atoms with Gasteiger partial charge in [-0.2, -0.15) is 0 Å². The molecule has 5 heteroatoms. The maximum Gasteiger partial charge on any atom is 0.282 e. The summed E-state index contributed by atoms with van der Waals surface area (Å²) in [6.45, 7) is 2.88. The van der Waals surface area contributed by atoms with Gasteiger partial charge in [-0.15, -0.1) is 0 Å². The minimum absolute atomic E-state index is 0.107. The second kappa shape index (κ2) is 5.01. The van der Waals surface area contributed by atoms with Crippen LogP contribution in [0.3, 0.4) is 0 Å². The number of carbonyl (C=O) groups is 1. The van der Waals surface area contributed by atoms with Crippen molar-refractivity contribution in [2.75, 3.05) is 0 Å². The Morgan fingerprint density at radius 2 is 2.00 bits per heavy atom. The van der Waals surface area contributed by atoms with E-state index in [1.807, 2.05) is 31.2 Å². The Morgan fingerprint density at radius 1 is 1.24 bits per heavy atom. The van der Waals surface area contributed by atoms with Gasteiger partial charge in [0.05, 0.1) is 4.92 Å². The fourth-order valence-corrected chi connectivity index (χ4v) is 2.71. The summed E-state index contributed by atoms with van der Waals surface area (Å²) in [5.74, 6) is -0.265. The fourth-order valence-electron chi connectivity index (χ4n) is 2.71. The summed E-state index contributed by atoms with van der Waals surface area (Å²) in [6, 6.07) is 12.7. The van der Waals surface area contributed by atoms with Gasteiger partial charge in [-0.1, -0.05) is 42.0 Å². The number of nitro groups is 1. The molecule has 0 spiro atoms. The molecule has 0 radical (unpaired) electrons. The molecule has 0 saturated carbocycles. The lowest BCUT2D eigenvalue weighted by Crippen LogP contribution is -2.23. The predicted octanol–water partition coefficient (Wildman–Crippen LogP) is 3.06. The highest BCUT2D eigenvalue weighted by molar-refractivity contribution is 6.02. The van der Waals surface area contributed by atoms with Gasteiger partial charge in [-0.3, -0.25) is 14.9 Å². The van der Waals surface area contributed by atoms with Gasteiger partial charge in [0.1, 0.15) is 5.56 Å². The first kappa shape index (κ1) is 13.3. The predicted molar refractivity (Wildman–Crippen MR) is 77.9 cm³/mol. The molecule has 0 aliphatic carbocycles. The molecule has 106 valence electrons. The third-order valence-electron chi connectivity index (χ3n) is 3.64. The van der Waals surface area contributed by atoms with Crippen molar-refractivity contribution >= 4 is 11.6 Å². The van der Waals surface area contributed by atoms with Crippen LogP contribution in [0.5, 0.6) is 0 Å². The van der Waals surface area contributed by atoms with Crippen LogP contribution in [0.2, 0.25) is 0 Å². The second-order valence-electron chi connectivity index (χ2n) is 5.22. The van der Waals surface area contributed by atoms with Crippen molar-refractivity contribution in [3.05, 3.63) is 74.8 Å². The zero-order chi connectivity index (χ0) is 15.0. The summed E-state index contributed by atoms with van der Waals surface area (Å²) >= 11 is 0. The van der Waals surface area contributed by atoms with Crippen LogP contribution in [0.15, 0.2) is 42.5 Å². The number of aryl methyl sites for hydroxylation is 1. The van der Waals surface area contributed by atoms with Crippen LogP contribution < -0.4 is 0 Å². The van der Waals surface area contributed by atoms with E-state index in [1.165, 1.54) is 6.07 Å². The normalized spacial score (nSPS) is 13.4. The number of nitro benzene ring substituents is 1. The smallest absolute Gasteiger partial charge is 0.282 e. The minimum atomic E-state index is -0.493. The molecule has 3 rings (SSSR count). The van der Waals surface area contributed by atoms with E-state index in [-0.39, 0.29) is 17.2 Å². The average Bonchev–Trinajstić information content (AvgIpc) is 2.75. The number of hydrogen-bond acceptors (Lipinski definition) is 3. The van der Waals surface area contributed by atoms with Crippen molar-refractivity contribution < 1.29 is 9.72 Å². The first-order valence-corrected chi connectivity index (χ1v) is 6.67. The van der Waals surface area contributed by atoms with Crippen molar-refractivity contribution in [1.82, 2.24) is 4.90 Å². The number of nitrogens with zero attached hydrogens (tertiary/aromatic N) is 2. The van der Waals surface area contributed by atoms with E-state index in [2.05, 4.69) is 0 Å². The van der Waals surface area contributed by atoms with Crippen LogP contribution >= 0.6 is 0 Å². The van der Waals surface area contributed by atoms with Crippen molar-refractivity contribution in [3.8, 4) is 0 Å². The number of carbonyl (C=O) groups excluding carboxylic acids is 1. The van der Waals surface area contributed by atoms with Crippen molar-refractivity contribution in [2.45, 2.75) is 20.0 Å². The third-order valence-corrected chi connectivity index (χ3v) is 3.64. The molecule has 2 aromatic rings. The number of hydrogen-bond donors (Lipinski definition) is 0. The summed E-state index contributed by atoms with van der Waals surface area (Å²) < 4.78 is 0. The number of fused-ring (bicyclic) bond motifs is 1. The summed E-state index contributed by atoms with van der Waals surface area (Å²) in [5.41, 5.74) is 3.00. The Kier molecular flexibility index (Phi) is 3.17. The fraction of sp³-hybridized carbons (Fsp3) is 0.188. The molecule has 2 aromatic carbocycles. The number of amides is 1. The van der Waals surface area contributed by atoms with E-state index in [9.17, 15) is 14.9 Å². The highest BCUT2D eigenvalue weighted by Crippen LogP contribution is 2.31. The highest BCUT2D eigenvalue weighted by Gasteiger charge is 2.34. The van der Waals surface area contributed by atoms with Gasteiger partial charge in [0.2, 0.25) is 0 Å². The van der Waals surface area contributed by atoms with E-state index in [4.69, 9.17) is 0 Å². The molecule has 21 heavy (non-hydrogen) atoms. The molecule has 1 aliphatic rings. The summed E-state index contributed by atoms with van der Waals surface area (Å²) in [6.07, 6.45) is 0. The van der Waals surface area contributed by atoms with Crippen molar-refractivity contribution in [1.29, 1.82) is 0 Å². The molecular formula is C16H14N2O3. The Balaban J connectivity index is 1.91. The molecule has 0 aromatic heterocycles. The van der Waals surface area contributed by atoms with Crippen LogP contribution in [-0.4, -0.2) is 15.7 Å². The molecule has 0 bridgehead atoms. The standard InChI is InChI=1S/C16H14N2O3/c1-11-4-2-5-12(8-11)9-17-10-13-6-3-7-14(18(20)21)15(13)16(17)19/h2-8H,9-10H2,1H3. The van der Waals surface area contributed by atoms with Gasteiger partial charge in [0.25, 0.3) is 11.6 Å². The van der Waals surface area contributed by atoms with Gasteiger partial charge in [-0.25, -0.2) is 0 Å². The summed E-state index contributed by atoms with van der Waals surface area (Å²) in [7, 11) is 0. The maximum absolute atomic E-state index is 12.4. The van der Waals surface area contributed by atoms with Crippen molar-refractivity contribution in [2.24, 2.45) is 0 Å². The molecule has 0 fully saturated rings. The van der Waals surface area contributed by atoms with E-state index >= 15 is 0 Å². The summed E-state index contributed by atoms with van der Waals surface area (Å²) in [4.78, 5) is 24.6. The molecule has 1 aliphatic heterocycles. The number of benzene rings is 2. The summed E-state index contributed by atoms with van der Waals surface area (Å²) in [5, 5.41) is 11.1. The Hall–Kier alpha value is -2.69. The molecule has 0 N–H and O–H groups in total. The van der Waals surface area contributed by atoms with Crippen LogP contribution in [0.25, 0.3) is 0 Å². The zero-order valence-corrected chi connectivity index (χ0v) is 11.6. The Labute approximate surface area is 122 Å². The van der Waals surface area contributed by atoms with E-state index in [1.54, 1.807) is 17.0 Å². The Bertz CT molecular complexity index is 740. The van der Waals surface area contributed by atoms with Gasteiger partial charge in [0, 0.05) is 19.2 Å². The lowest BCUT2D eigenvalue weighted by Gasteiger charge is -2.15. The quantitative estimate of drug-likeness (QED) is 0.642. The van der Waals surface area contributed by atoms with Crippen LogP contribution in [-0.2, 0) is 13.1 Å². The number of rotatable bonds is 3. The molecule has 1 heterocycles. The highest BCUT2D eigenvalue weighted by atomic mass is 16.6. The lowest BCUT2D eigenvalue weighted by atomic mass is 10.1. The maximum atomic E-state index is 12.4. The molecule has 0 atom stereocenters. The van der Waals surface area contributed by atoms with E-state index in [0.29, 0.717) is 13.1 Å². The topological polar surface area (TPSA) is 63.4 Å². The second-order valence-corrected chi connectivity index (χ2v) is 5.22. The first-order chi connectivity index (χ1) is 10.1. The van der Waals surface area contributed by atoms with Crippen LogP contribution in [0.1, 0.15) is 27.0 Å². The average molecular weight is 282 g/mol. The van der Waals surface area contributed by atoms with Gasteiger partial charge < -0.3 is 4.90 Å². The Morgan fingerprint density at radius 3 is 2.71 bits per heavy atom. The van der Waals surface area contributed by atoms with Gasteiger partial charge in [-0.05, 0) is 18.1 Å². The van der Waals surface area contributed by atoms with Crippen molar-refractivity contribution in [3.63, 3.8) is 0 Å². The SMILES string of the molecule is Cc1cccc(CN2Cc3cccc([N+](=O)[O-])c3C2=O)c1. The largest absolute Gasteiger partial charge is 0.330 e. The third kappa shape index (κ3) is 2.38. The molecule has 5 nitrogen and oxygen atoms in total. The van der Waals surface area contributed by atoms with E-state index in [0.717, 1.165) is 16.7 Å². The first-order valence-electron chi connectivity index (χ1n) is 6.67.